The molecule has 0 aliphatic rings. The summed E-state index contributed by atoms with van der Waals surface area (Å²) in [5.74, 6) is 0.0494. The molecule has 0 saturated heterocycles. The summed E-state index contributed by atoms with van der Waals surface area (Å²) < 4.78 is 3.43. The third-order valence-corrected chi connectivity index (χ3v) is 4.16. The van der Waals surface area contributed by atoms with Crippen LogP contribution in [0.2, 0.25) is 0 Å². The molecular weight excluding hydrogens is 314 g/mol. The summed E-state index contributed by atoms with van der Waals surface area (Å²) in [6.45, 7) is 6.93. The van der Waals surface area contributed by atoms with Crippen LogP contribution >= 0.6 is 0 Å². The van der Waals surface area contributed by atoms with Gasteiger partial charge in [-0.1, -0.05) is 26.8 Å². The molecule has 0 spiro atoms. The highest BCUT2D eigenvalue weighted by Crippen LogP contribution is 2.28. The molecule has 1 heterocycles. The van der Waals surface area contributed by atoms with Crippen molar-refractivity contribution in [3.63, 3.8) is 0 Å². The second-order valence-electron chi connectivity index (χ2n) is 7.57. The monoisotopic (exact) mass is 335 g/mol. The number of nitriles is 1. The van der Waals surface area contributed by atoms with Gasteiger partial charge in [0, 0.05) is 13.6 Å². The first-order valence-electron chi connectivity index (χ1n) is 8.13. The van der Waals surface area contributed by atoms with Gasteiger partial charge < -0.3 is 5.11 Å². The number of aryl methyl sites for hydroxylation is 1. The zero-order chi connectivity index (χ0) is 18.4. The van der Waals surface area contributed by atoms with Crippen molar-refractivity contribution in [2.45, 2.75) is 27.3 Å². The Balaban J connectivity index is 2.20. The number of imidazole rings is 1. The lowest BCUT2D eigenvalue weighted by atomic mass is 9.97. The van der Waals surface area contributed by atoms with Gasteiger partial charge in [0.1, 0.15) is 5.75 Å². The Kier molecular flexibility index (Phi) is 3.92. The van der Waals surface area contributed by atoms with Crippen molar-refractivity contribution in [2.75, 3.05) is 0 Å². The molecule has 1 N–H and O–H groups in total. The molecule has 0 aliphatic carbocycles. The first kappa shape index (κ1) is 16.8. The third-order valence-electron chi connectivity index (χ3n) is 4.16. The number of aromatic nitrogens is 2. The number of fused-ring (bicyclic) bond motifs is 1. The summed E-state index contributed by atoms with van der Waals surface area (Å²) in [6, 6.07) is 12.6. The third kappa shape index (κ3) is 3.16. The molecule has 0 atom stereocenters. The fourth-order valence-electron chi connectivity index (χ4n) is 3.06. The fourth-order valence-corrected chi connectivity index (χ4v) is 3.06. The van der Waals surface area contributed by atoms with Crippen LogP contribution in [0.25, 0.3) is 22.2 Å². The standard InChI is InChI=1S/C20H21N3O2/c1-20(2,3)12-23-17-6-5-14(10-18(17)22(4)19(23)25)15-7-13(11-21)8-16(24)9-15/h5-10,24H,12H2,1-4H3. The molecule has 5 heteroatoms. The summed E-state index contributed by atoms with van der Waals surface area (Å²) in [6.07, 6.45) is 0. The van der Waals surface area contributed by atoms with Gasteiger partial charge >= 0.3 is 5.69 Å². The molecule has 1 aromatic heterocycles. The number of rotatable bonds is 2. The lowest BCUT2D eigenvalue weighted by molar-refractivity contribution is 0.342. The van der Waals surface area contributed by atoms with Gasteiger partial charge in [-0.3, -0.25) is 9.13 Å². The van der Waals surface area contributed by atoms with Crippen molar-refractivity contribution in [3.05, 3.63) is 52.4 Å². The van der Waals surface area contributed by atoms with Gasteiger partial charge in [0.05, 0.1) is 22.7 Å². The van der Waals surface area contributed by atoms with Crippen LogP contribution in [0.15, 0.2) is 41.2 Å². The molecule has 0 bridgehead atoms. The van der Waals surface area contributed by atoms with E-state index in [0.29, 0.717) is 12.1 Å². The topological polar surface area (TPSA) is 70.9 Å². The minimum Gasteiger partial charge on any atom is -0.508 e. The van der Waals surface area contributed by atoms with Crippen LogP contribution in [0.3, 0.4) is 0 Å². The summed E-state index contributed by atoms with van der Waals surface area (Å²) in [7, 11) is 1.76. The molecule has 0 aliphatic heterocycles. The van der Waals surface area contributed by atoms with E-state index in [4.69, 9.17) is 5.26 Å². The van der Waals surface area contributed by atoms with Crippen LogP contribution in [0.1, 0.15) is 26.3 Å². The maximum Gasteiger partial charge on any atom is 0.328 e. The van der Waals surface area contributed by atoms with E-state index in [1.165, 1.54) is 6.07 Å². The summed E-state index contributed by atoms with van der Waals surface area (Å²) >= 11 is 0. The Hall–Kier alpha value is -3.00. The van der Waals surface area contributed by atoms with E-state index in [9.17, 15) is 9.90 Å². The minimum atomic E-state index is -0.0457. The molecular formula is C20H21N3O2. The first-order valence-corrected chi connectivity index (χ1v) is 8.13. The molecule has 128 valence electrons. The number of aromatic hydroxyl groups is 1. The van der Waals surface area contributed by atoms with Crippen molar-refractivity contribution in [1.82, 2.24) is 9.13 Å². The number of phenolic OH excluding ortho intramolecular Hbond substituents is 1. The smallest absolute Gasteiger partial charge is 0.328 e. The zero-order valence-electron chi connectivity index (χ0n) is 14.9. The number of nitrogens with zero attached hydrogens (tertiary/aromatic N) is 3. The van der Waals surface area contributed by atoms with Crippen LogP contribution in [0, 0.1) is 16.7 Å². The number of benzene rings is 2. The molecule has 3 aromatic rings. The van der Waals surface area contributed by atoms with E-state index in [-0.39, 0.29) is 16.9 Å². The number of hydrogen-bond donors (Lipinski definition) is 1. The average molecular weight is 335 g/mol. The molecule has 0 saturated carbocycles. The largest absolute Gasteiger partial charge is 0.508 e. The van der Waals surface area contributed by atoms with Crippen LogP contribution in [0.4, 0.5) is 0 Å². The van der Waals surface area contributed by atoms with Gasteiger partial charge in [-0.2, -0.15) is 5.26 Å². The van der Waals surface area contributed by atoms with E-state index in [1.54, 1.807) is 28.3 Å². The normalized spacial score (nSPS) is 11.6. The molecule has 5 nitrogen and oxygen atoms in total. The lowest BCUT2D eigenvalue weighted by Crippen LogP contribution is -2.27. The summed E-state index contributed by atoms with van der Waals surface area (Å²) in [5.41, 5.74) is 3.65. The van der Waals surface area contributed by atoms with Crippen molar-refractivity contribution >= 4 is 11.0 Å². The van der Waals surface area contributed by atoms with Crippen LogP contribution in [-0.2, 0) is 13.6 Å². The van der Waals surface area contributed by atoms with Crippen LogP contribution in [0.5, 0.6) is 5.75 Å². The van der Waals surface area contributed by atoms with Crippen molar-refractivity contribution < 1.29 is 5.11 Å². The predicted octanol–water partition coefficient (Wildman–Crippen LogP) is 3.63. The van der Waals surface area contributed by atoms with Gasteiger partial charge in [0.2, 0.25) is 0 Å². The van der Waals surface area contributed by atoms with E-state index in [0.717, 1.165) is 22.2 Å². The van der Waals surface area contributed by atoms with Crippen LogP contribution in [-0.4, -0.2) is 14.2 Å². The highest BCUT2D eigenvalue weighted by Gasteiger charge is 2.18. The zero-order valence-corrected chi connectivity index (χ0v) is 14.9. The van der Waals surface area contributed by atoms with E-state index < -0.39 is 0 Å². The van der Waals surface area contributed by atoms with Crippen molar-refractivity contribution in [3.8, 4) is 22.9 Å². The minimum absolute atomic E-state index is 0.0102. The molecule has 0 amide bonds. The Bertz CT molecular complexity index is 1060. The van der Waals surface area contributed by atoms with Gasteiger partial charge in [-0.25, -0.2) is 4.79 Å². The molecule has 0 radical (unpaired) electrons. The highest BCUT2D eigenvalue weighted by molar-refractivity contribution is 5.83. The lowest BCUT2D eigenvalue weighted by Gasteiger charge is -2.18. The first-order chi connectivity index (χ1) is 11.7. The van der Waals surface area contributed by atoms with Gasteiger partial charge in [0.25, 0.3) is 0 Å². The Morgan fingerprint density at radius 3 is 2.44 bits per heavy atom. The van der Waals surface area contributed by atoms with Crippen LogP contribution < -0.4 is 5.69 Å². The number of hydrogen-bond acceptors (Lipinski definition) is 3. The summed E-state index contributed by atoms with van der Waals surface area (Å²) in [5, 5.41) is 18.9. The van der Waals surface area contributed by atoms with Crippen molar-refractivity contribution in [1.29, 1.82) is 5.26 Å². The average Bonchev–Trinajstić information content (AvgIpc) is 2.77. The highest BCUT2D eigenvalue weighted by atomic mass is 16.3. The van der Waals surface area contributed by atoms with Crippen molar-refractivity contribution in [2.24, 2.45) is 12.5 Å². The Morgan fingerprint density at radius 2 is 1.80 bits per heavy atom. The predicted molar refractivity (Wildman–Crippen MR) is 98.4 cm³/mol. The van der Waals surface area contributed by atoms with E-state index in [1.807, 2.05) is 24.3 Å². The second-order valence-corrected chi connectivity index (χ2v) is 7.57. The quantitative estimate of drug-likeness (QED) is 0.777. The number of phenols is 1. The molecule has 0 unspecified atom stereocenters. The van der Waals surface area contributed by atoms with Gasteiger partial charge in [0.15, 0.2) is 0 Å². The molecule has 25 heavy (non-hydrogen) atoms. The second kappa shape index (κ2) is 5.82. The Morgan fingerprint density at radius 1 is 1.08 bits per heavy atom. The fraction of sp³-hybridized carbons (Fsp3) is 0.300. The summed E-state index contributed by atoms with van der Waals surface area (Å²) in [4.78, 5) is 12.6. The molecule has 3 rings (SSSR count). The van der Waals surface area contributed by atoms with Gasteiger partial charge in [-0.05, 0) is 46.9 Å². The maximum absolute atomic E-state index is 12.6. The van der Waals surface area contributed by atoms with E-state index in [2.05, 4.69) is 20.8 Å². The van der Waals surface area contributed by atoms with Gasteiger partial charge in [-0.15, -0.1) is 0 Å². The molecule has 2 aromatic carbocycles. The maximum atomic E-state index is 12.6. The SMILES string of the molecule is Cn1c(=O)n(CC(C)(C)C)c2ccc(-c3cc(O)cc(C#N)c3)cc21. The molecule has 0 fully saturated rings. The Labute approximate surface area is 146 Å². The van der Waals surface area contributed by atoms with E-state index >= 15 is 0 Å².